The number of rotatable bonds is 3. The van der Waals surface area contributed by atoms with Crippen molar-refractivity contribution in [1.82, 2.24) is 14.9 Å². The molecule has 3 heterocycles. The lowest BCUT2D eigenvalue weighted by Gasteiger charge is -2.19. The first-order valence-corrected chi connectivity index (χ1v) is 7.10. The molecule has 2 bridgehead atoms. The molecule has 3 atom stereocenters. The lowest BCUT2D eigenvalue weighted by atomic mass is 9.95. The van der Waals surface area contributed by atoms with Crippen LogP contribution in [0.15, 0.2) is 24.3 Å². The molecule has 4 heteroatoms. The van der Waals surface area contributed by atoms with Crippen molar-refractivity contribution in [2.75, 3.05) is 0 Å². The van der Waals surface area contributed by atoms with E-state index in [1.54, 1.807) is 0 Å². The van der Waals surface area contributed by atoms with E-state index in [-0.39, 0.29) is 0 Å². The molecule has 19 heavy (non-hydrogen) atoms. The number of ether oxygens (including phenoxy) is 1. The number of para-hydroxylation sites is 2. The Morgan fingerprint density at radius 2 is 2.26 bits per heavy atom. The van der Waals surface area contributed by atoms with E-state index in [0.717, 1.165) is 24.3 Å². The van der Waals surface area contributed by atoms with Crippen LogP contribution < -0.4 is 5.32 Å². The summed E-state index contributed by atoms with van der Waals surface area (Å²) in [6.07, 6.45) is 4.55. The molecule has 3 unspecified atom stereocenters. The Bertz CT molecular complexity index is 606. The van der Waals surface area contributed by atoms with Gasteiger partial charge in [-0.2, -0.15) is 0 Å². The van der Waals surface area contributed by atoms with E-state index in [2.05, 4.69) is 35.1 Å². The van der Waals surface area contributed by atoms with Gasteiger partial charge in [-0.05, 0) is 31.4 Å². The van der Waals surface area contributed by atoms with Crippen LogP contribution in [0.25, 0.3) is 11.0 Å². The monoisotopic (exact) mass is 257 g/mol. The fourth-order valence-corrected chi connectivity index (χ4v) is 3.43. The molecule has 2 aromatic rings. The number of fused-ring (bicyclic) bond motifs is 3. The third-order valence-electron chi connectivity index (χ3n) is 4.51. The molecule has 0 radical (unpaired) electrons. The van der Waals surface area contributed by atoms with Crippen LogP contribution in [0.2, 0.25) is 0 Å². The summed E-state index contributed by atoms with van der Waals surface area (Å²) in [5.74, 6) is 1.10. The predicted octanol–water partition coefficient (Wildman–Crippen LogP) is 1.98. The van der Waals surface area contributed by atoms with Gasteiger partial charge in [-0.25, -0.2) is 4.98 Å². The van der Waals surface area contributed by atoms with E-state index in [0.29, 0.717) is 18.2 Å². The summed E-state index contributed by atoms with van der Waals surface area (Å²) in [6, 6.07) is 8.80. The molecular weight excluding hydrogens is 238 g/mol. The Hall–Kier alpha value is -1.39. The number of hydrogen-bond donors (Lipinski definition) is 1. The fourth-order valence-electron chi connectivity index (χ4n) is 3.43. The maximum atomic E-state index is 5.87. The van der Waals surface area contributed by atoms with E-state index in [1.807, 2.05) is 6.07 Å². The molecule has 1 aromatic heterocycles. The van der Waals surface area contributed by atoms with Gasteiger partial charge in [0.15, 0.2) is 0 Å². The number of nitrogens with zero attached hydrogens (tertiary/aromatic N) is 2. The Morgan fingerprint density at radius 3 is 3.00 bits per heavy atom. The van der Waals surface area contributed by atoms with Gasteiger partial charge in [0.2, 0.25) is 0 Å². The van der Waals surface area contributed by atoms with E-state index >= 15 is 0 Å². The van der Waals surface area contributed by atoms with Crippen molar-refractivity contribution >= 4 is 11.0 Å². The topological polar surface area (TPSA) is 39.1 Å². The minimum Gasteiger partial charge on any atom is -0.373 e. The van der Waals surface area contributed by atoms with Crippen molar-refractivity contribution in [3.8, 4) is 0 Å². The van der Waals surface area contributed by atoms with E-state index in [1.165, 1.54) is 18.4 Å². The number of aromatic nitrogens is 2. The van der Waals surface area contributed by atoms with Gasteiger partial charge < -0.3 is 14.6 Å². The van der Waals surface area contributed by atoms with Crippen molar-refractivity contribution in [1.29, 1.82) is 0 Å². The predicted molar refractivity (Wildman–Crippen MR) is 73.9 cm³/mol. The molecular formula is C15H19N3O. The van der Waals surface area contributed by atoms with Gasteiger partial charge in [-0.3, -0.25) is 0 Å². The number of imidazole rings is 1. The zero-order chi connectivity index (χ0) is 12.8. The highest BCUT2D eigenvalue weighted by Crippen LogP contribution is 2.34. The highest BCUT2D eigenvalue weighted by atomic mass is 16.5. The molecule has 100 valence electrons. The highest BCUT2D eigenvalue weighted by Gasteiger charge is 2.40. The first-order valence-electron chi connectivity index (χ1n) is 7.10. The smallest absolute Gasteiger partial charge is 0.123 e. The molecule has 1 aromatic carbocycles. The molecule has 2 aliphatic rings. The van der Waals surface area contributed by atoms with Crippen LogP contribution in [0.4, 0.5) is 0 Å². The summed E-state index contributed by atoms with van der Waals surface area (Å²) in [4.78, 5) is 4.69. The second-order valence-electron chi connectivity index (χ2n) is 5.67. The summed E-state index contributed by atoms with van der Waals surface area (Å²) < 4.78 is 8.05. The van der Waals surface area contributed by atoms with Crippen LogP contribution in [0.5, 0.6) is 0 Å². The molecule has 0 aliphatic carbocycles. The van der Waals surface area contributed by atoms with Gasteiger partial charge >= 0.3 is 0 Å². The van der Waals surface area contributed by atoms with Crippen molar-refractivity contribution in [3.05, 3.63) is 30.1 Å². The molecule has 4 nitrogen and oxygen atoms in total. The van der Waals surface area contributed by atoms with E-state index in [4.69, 9.17) is 9.72 Å². The van der Waals surface area contributed by atoms with Gasteiger partial charge in [0, 0.05) is 13.1 Å². The second kappa shape index (κ2) is 4.32. The Morgan fingerprint density at radius 1 is 1.37 bits per heavy atom. The van der Waals surface area contributed by atoms with Crippen LogP contribution in [-0.2, 0) is 18.3 Å². The normalized spacial score (nSPS) is 29.4. The number of nitrogens with one attached hydrogen (secondary N) is 1. The molecule has 1 N–H and O–H groups in total. The fraction of sp³-hybridized carbons (Fsp3) is 0.533. The third-order valence-corrected chi connectivity index (χ3v) is 4.51. The molecule has 0 spiro atoms. The van der Waals surface area contributed by atoms with Gasteiger partial charge in [0.1, 0.15) is 5.82 Å². The molecule has 2 saturated heterocycles. The maximum Gasteiger partial charge on any atom is 0.123 e. The van der Waals surface area contributed by atoms with Crippen LogP contribution in [0.1, 0.15) is 25.1 Å². The zero-order valence-corrected chi connectivity index (χ0v) is 11.2. The van der Waals surface area contributed by atoms with Crippen molar-refractivity contribution in [2.24, 2.45) is 7.05 Å². The van der Waals surface area contributed by atoms with Gasteiger partial charge in [-0.1, -0.05) is 12.1 Å². The Balaban J connectivity index is 1.51. The summed E-state index contributed by atoms with van der Waals surface area (Å²) in [6.45, 7) is 0.822. The molecule has 4 rings (SSSR count). The standard InChI is InChI=1S/C15H19N3O/c1-18-13-5-3-2-4-11(13)17-15(18)9-16-12-8-10-6-7-14(12)19-10/h2-5,10,12,14,16H,6-9H2,1H3. The summed E-state index contributed by atoms with van der Waals surface area (Å²) in [5.41, 5.74) is 2.27. The minimum atomic E-state index is 0.430. The third kappa shape index (κ3) is 1.86. The van der Waals surface area contributed by atoms with E-state index < -0.39 is 0 Å². The number of hydrogen-bond acceptors (Lipinski definition) is 3. The molecule has 2 aliphatic heterocycles. The van der Waals surface area contributed by atoms with E-state index in [9.17, 15) is 0 Å². The summed E-state index contributed by atoms with van der Waals surface area (Å²) in [5, 5.41) is 3.62. The first-order chi connectivity index (χ1) is 9.31. The first kappa shape index (κ1) is 11.4. The lowest BCUT2D eigenvalue weighted by Crippen LogP contribution is -2.37. The van der Waals surface area contributed by atoms with Crippen molar-refractivity contribution in [2.45, 2.75) is 44.1 Å². The summed E-state index contributed by atoms with van der Waals surface area (Å²) in [7, 11) is 2.09. The highest BCUT2D eigenvalue weighted by molar-refractivity contribution is 5.75. The van der Waals surface area contributed by atoms with Crippen LogP contribution >= 0.6 is 0 Å². The average Bonchev–Trinajstić information content (AvgIpc) is 3.12. The minimum absolute atomic E-state index is 0.430. The molecule has 2 fully saturated rings. The SMILES string of the molecule is Cn1c(CNC2CC3CCC2O3)nc2ccccc21. The molecule has 0 amide bonds. The van der Waals surface area contributed by atoms with Crippen LogP contribution in [0.3, 0.4) is 0 Å². The quantitative estimate of drug-likeness (QED) is 0.914. The van der Waals surface area contributed by atoms with Crippen molar-refractivity contribution < 1.29 is 4.74 Å². The second-order valence-corrected chi connectivity index (χ2v) is 5.67. The van der Waals surface area contributed by atoms with Gasteiger partial charge in [-0.15, -0.1) is 0 Å². The lowest BCUT2D eigenvalue weighted by molar-refractivity contribution is 0.0972. The van der Waals surface area contributed by atoms with Gasteiger partial charge in [0.05, 0.1) is 29.8 Å². The Labute approximate surface area is 112 Å². The zero-order valence-electron chi connectivity index (χ0n) is 11.2. The molecule has 0 saturated carbocycles. The summed E-state index contributed by atoms with van der Waals surface area (Å²) >= 11 is 0. The Kier molecular flexibility index (Phi) is 2.60. The number of benzene rings is 1. The van der Waals surface area contributed by atoms with Gasteiger partial charge in [0.25, 0.3) is 0 Å². The number of aryl methyl sites for hydroxylation is 1. The average molecular weight is 257 g/mol. The van der Waals surface area contributed by atoms with Crippen LogP contribution in [0, 0.1) is 0 Å². The largest absolute Gasteiger partial charge is 0.373 e. The maximum absolute atomic E-state index is 5.87. The van der Waals surface area contributed by atoms with Crippen LogP contribution in [-0.4, -0.2) is 27.8 Å². The van der Waals surface area contributed by atoms with Crippen molar-refractivity contribution in [3.63, 3.8) is 0 Å².